The standard InChI is InChI=1S/C15H32N4O.HI/c1-5-6-9-18(3)11-8-17-15(16-2)19-10-7-14(12-19)13-20-4;/h14H,5-13H2,1-4H3,(H,16,17);1H. The zero-order valence-electron chi connectivity index (χ0n) is 14.1. The molecule has 0 amide bonds. The fraction of sp³-hybridized carbons (Fsp3) is 0.933. The number of halogens is 1. The minimum Gasteiger partial charge on any atom is -0.384 e. The molecule has 1 rings (SSSR count). The first kappa shape index (κ1) is 20.9. The van der Waals surface area contributed by atoms with Gasteiger partial charge in [-0.2, -0.15) is 0 Å². The highest BCUT2D eigenvalue weighted by Gasteiger charge is 2.24. The van der Waals surface area contributed by atoms with Crippen LogP contribution in [0.25, 0.3) is 0 Å². The van der Waals surface area contributed by atoms with Crippen molar-refractivity contribution in [2.75, 3.05) is 60.5 Å². The summed E-state index contributed by atoms with van der Waals surface area (Å²) in [7, 11) is 5.83. The third-order valence-electron chi connectivity index (χ3n) is 3.87. The van der Waals surface area contributed by atoms with E-state index >= 15 is 0 Å². The number of nitrogens with zero attached hydrogens (tertiary/aromatic N) is 3. The van der Waals surface area contributed by atoms with Gasteiger partial charge in [-0.15, -0.1) is 24.0 Å². The fourth-order valence-electron chi connectivity index (χ4n) is 2.63. The minimum absolute atomic E-state index is 0. The summed E-state index contributed by atoms with van der Waals surface area (Å²) < 4.78 is 5.24. The first-order valence-electron chi connectivity index (χ1n) is 7.84. The van der Waals surface area contributed by atoms with Gasteiger partial charge < -0.3 is 19.9 Å². The number of methoxy groups -OCH3 is 1. The molecule has 0 aromatic carbocycles. The molecule has 1 aliphatic rings. The van der Waals surface area contributed by atoms with Crippen molar-refractivity contribution in [2.45, 2.75) is 26.2 Å². The van der Waals surface area contributed by atoms with Crippen LogP contribution >= 0.6 is 24.0 Å². The van der Waals surface area contributed by atoms with Gasteiger partial charge in [0.1, 0.15) is 0 Å². The maximum absolute atomic E-state index is 5.24. The molecule has 1 saturated heterocycles. The van der Waals surface area contributed by atoms with Gasteiger partial charge in [0.2, 0.25) is 0 Å². The van der Waals surface area contributed by atoms with Crippen molar-refractivity contribution in [3.8, 4) is 0 Å². The lowest BCUT2D eigenvalue weighted by Crippen LogP contribution is -2.43. The molecule has 1 N–H and O–H groups in total. The van der Waals surface area contributed by atoms with E-state index in [-0.39, 0.29) is 24.0 Å². The summed E-state index contributed by atoms with van der Waals surface area (Å²) in [5, 5.41) is 3.47. The summed E-state index contributed by atoms with van der Waals surface area (Å²) in [6, 6.07) is 0. The zero-order chi connectivity index (χ0) is 14.8. The van der Waals surface area contributed by atoms with E-state index in [1.165, 1.54) is 25.8 Å². The average Bonchev–Trinajstić information content (AvgIpc) is 2.90. The number of rotatable bonds is 8. The van der Waals surface area contributed by atoms with E-state index in [9.17, 15) is 0 Å². The smallest absolute Gasteiger partial charge is 0.193 e. The Balaban J connectivity index is 0.00000400. The molecule has 1 heterocycles. The quantitative estimate of drug-likeness (QED) is 0.376. The van der Waals surface area contributed by atoms with Crippen molar-refractivity contribution in [1.82, 2.24) is 15.1 Å². The molecule has 5 nitrogen and oxygen atoms in total. The summed E-state index contributed by atoms with van der Waals surface area (Å²) in [6.45, 7) is 8.42. The molecular formula is C15H33IN4O. The molecule has 1 fully saturated rings. The summed E-state index contributed by atoms with van der Waals surface area (Å²) in [5.41, 5.74) is 0. The van der Waals surface area contributed by atoms with E-state index in [1.54, 1.807) is 7.11 Å². The van der Waals surface area contributed by atoms with Gasteiger partial charge in [-0.05, 0) is 26.4 Å². The van der Waals surface area contributed by atoms with Crippen LogP contribution in [0.5, 0.6) is 0 Å². The van der Waals surface area contributed by atoms with Crippen LogP contribution in [0.2, 0.25) is 0 Å². The van der Waals surface area contributed by atoms with Gasteiger partial charge in [-0.1, -0.05) is 13.3 Å². The van der Waals surface area contributed by atoms with Gasteiger partial charge in [0, 0.05) is 46.3 Å². The number of nitrogens with one attached hydrogen (secondary N) is 1. The Bertz CT molecular complexity index is 289. The molecule has 0 radical (unpaired) electrons. The van der Waals surface area contributed by atoms with Gasteiger partial charge in [-0.25, -0.2) is 0 Å². The largest absolute Gasteiger partial charge is 0.384 e. The number of hydrogen-bond donors (Lipinski definition) is 1. The van der Waals surface area contributed by atoms with Crippen molar-refractivity contribution >= 4 is 29.9 Å². The molecule has 1 aliphatic heterocycles. The van der Waals surface area contributed by atoms with E-state index in [1.807, 2.05) is 7.05 Å². The van der Waals surface area contributed by atoms with Gasteiger partial charge in [0.05, 0.1) is 6.61 Å². The van der Waals surface area contributed by atoms with Gasteiger partial charge in [-0.3, -0.25) is 4.99 Å². The Kier molecular flexibility index (Phi) is 12.4. The number of ether oxygens (including phenoxy) is 1. The van der Waals surface area contributed by atoms with Crippen molar-refractivity contribution in [1.29, 1.82) is 0 Å². The van der Waals surface area contributed by atoms with Crippen molar-refractivity contribution in [3.63, 3.8) is 0 Å². The monoisotopic (exact) mass is 412 g/mol. The van der Waals surface area contributed by atoms with E-state index in [0.29, 0.717) is 5.92 Å². The number of guanidine groups is 1. The summed E-state index contributed by atoms with van der Waals surface area (Å²) in [6.07, 6.45) is 3.73. The lowest BCUT2D eigenvalue weighted by Gasteiger charge is -2.23. The number of aliphatic imine (C=N–C) groups is 1. The number of unbranched alkanes of at least 4 members (excludes halogenated alkanes) is 1. The van der Waals surface area contributed by atoms with Crippen LogP contribution in [-0.4, -0.2) is 76.3 Å². The first-order chi connectivity index (χ1) is 9.71. The van der Waals surface area contributed by atoms with Crippen molar-refractivity contribution in [3.05, 3.63) is 0 Å². The maximum Gasteiger partial charge on any atom is 0.193 e. The molecule has 0 aromatic rings. The van der Waals surface area contributed by atoms with Crippen LogP contribution in [0.1, 0.15) is 26.2 Å². The Hall–Kier alpha value is -0.0800. The average molecular weight is 412 g/mol. The Morgan fingerprint density at radius 2 is 2.19 bits per heavy atom. The van der Waals surface area contributed by atoms with Crippen molar-refractivity contribution < 1.29 is 4.74 Å². The second kappa shape index (κ2) is 12.5. The summed E-state index contributed by atoms with van der Waals surface area (Å²) >= 11 is 0. The molecule has 1 atom stereocenters. The van der Waals surface area contributed by atoms with Crippen molar-refractivity contribution in [2.24, 2.45) is 10.9 Å². The van der Waals surface area contributed by atoms with Crippen LogP contribution in [0.4, 0.5) is 0 Å². The lowest BCUT2D eigenvalue weighted by molar-refractivity contribution is 0.157. The molecular weight excluding hydrogens is 379 g/mol. The van der Waals surface area contributed by atoms with Crippen LogP contribution < -0.4 is 5.32 Å². The maximum atomic E-state index is 5.24. The number of hydrogen-bond acceptors (Lipinski definition) is 3. The molecule has 21 heavy (non-hydrogen) atoms. The zero-order valence-corrected chi connectivity index (χ0v) is 16.4. The van der Waals surface area contributed by atoms with Crippen LogP contribution in [-0.2, 0) is 4.74 Å². The highest BCUT2D eigenvalue weighted by Crippen LogP contribution is 2.16. The van der Waals surface area contributed by atoms with E-state index < -0.39 is 0 Å². The number of likely N-dealkylation sites (N-methyl/N-ethyl adjacent to an activating group) is 1. The molecule has 6 heteroatoms. The summed E-state index contributed by atoms with van der Waals surface area (Å²) in [4.78, 5) is 9.12. The van der Waals surface area contributed by atoms with Gasteiger partial charge in [0.25, 0.3) is 0 Å². The fourth-order valence-corrected chi connectivity index (χ4v) is 2.63. The van der Waals surface area contributed by atoms with E-state index in [0.717, 1.165) is 38.7 Å². The molecule has 0 aromatic heterocycles. The third kappa shape index (κ3) is 8.21. The molecule has 1 unspecified atom stereocenters. The molecule has 0 aliphatic carbocycles. The van der Waals surface area contributed by atoms with Crippen LogP contribution in [0.15, 0.2) is 4.99 Å². The Morgan fingerprint density at radius 1 is 1.43 bits per heavy atom. The SMILES string of the molecule is CCCCN(C)CCNC(=NC)N1CCC(COC)C1.I. The number of likely N-dealkylation sites (tertiary alicyclic amines) is 1. The topological polar surface area (TPSA) is 40.1 Å². The molecule has 0 spiro atoms. The lowest BCUT2D eigenvalue weighted by atomic mass is 10.1. The molecule has 126 valence electrons. The predicted octanol–water partition coefficient (Wildman–Crippen LogP) is 1.88. The molecule has 0 bridgehead atoms. The minimum atomic E-state index is 0. The van der Waals surface area contributed by atoms with E-state index in [2.05, 4.69) is 34.1 Å². The Morgan fingerprint density at radius 3 is 2.81 bits per heavy atom. The predicted molar refractivity (Wildman–Crippen MR) is 101 cm³/mol. The second-order valence-corrected chi connectivity index (χ2v) is 5.69. The third-order valence-corrected chi connectivity index (χ3v) is 3.87. The normalized spacial score (nSPS) is 19.0. The first-order valence-corrected chi connectivity index (χ1v) is 7.84. The van der Waals surface area contributed by atoms with Crippen LogP contribution in [0, 0.1) is 5.92 Å². The molecule has 0 saturated carbocycles. The van der Waals surface area contributed by atoms with E-state index in [4.69, 9.17) is 4.74 Å². The highest BCUT2D eigenvalue weighted by molar-refractivity contribution is 14.0. The summed E-state index contributed by atoms with van der Waals surface area (Å²) in [5.74, 6) is 1.68. The van der Waals surface area contributed by atoms with Gasteiger partial charge in [0.15, 0.2) is 5.96 Å². The van der Waals surface area contributed by atoms with Crippen LogP contribution in [0.3, 0.4) is 0 Å². The second-order valence-electron chi connectivity index (χ2n) is 5.69. The highest BCUT2D eigenvalue weighted by atomic mass is 127. The van der Waals surface area contributed by atoms with Gasteiger partial charge >= 0.3 is 0 Å². The Labute approximate surface area is 147 Å².